The smallest absolute Gasteiger partial charge is 0.314 e. The summed E-state index contributed by atoms with van der Waals surface area (Å²) in [5.41, 5.74) is 2.89. The van der Waals surface area contributed by atoms with Gasteiger partial charge in [0.05, 0.1) is 17.7 Å². The van der Waals surface area contributed by atoms with Crippen molar-refractivity contribution >= 4 is 35.0 Å². The van der Waals surface area contributed by atoms with Crippen LogP contribution in [0.25, 0.3) is 11.4 Å². The average molecular weight is 455 g/mol. The van der Waals surface area contributed by atoms with Gasteiger partial charge in [0.15, 0.2) is 5.82 Å². The summed E-state index contributed by atoms with van der Waals surface area (Å²) in [5, 5.41) is 11.2. The minimum absolute atomic E-state index is 0.314. The van der Waals surface area contributed by atoms with Crippen LogP contribution < -0.4 is 15.7 Å². The molecule has 0 aliphatic carbocycles. The van der Waals surface area contributed by atoms with Crippen LogP contribution in [0.2, 0.25) is 5.02 Å². The van der Waals surface area contributed by atoms with Crippen molar-refractivity contribution in [1.82, 2.24) is 20.2 Å². The minimum atomic E-state index is -4.41. The topological polar surface area (TPSA) is 84.3 Å². The van der Waals surface area contributed by atoms with Crippen LogP contribution in [0.5, 0.6) is 0 Å². The molecule has 1 aromatic heterocycles. The zero-order valence-corrected chi connectivity index (χ0v) is 17.4. The first-order valence-electron chi connectivity index (χ1n) is 8.82. The number of hydrogen-bond donors (Lipinski definition) is 2. The highest BCUT2D eigenvalue weighted by Crippen LogP contribution is 2.33. The summed E-state index contributed by atoms with van der Waals surface area (Å²) >= 11 is 6.36. The molecular weight excluding hydrogens is 437 g/mol. The van der Waals surface area contributed by atoms with Crippen LogP contribution in [-0.4, -0.2) is 35.0 Å². The van der Waals surface area contributed by atoms with E-state index in [4.69, 9.17) is 11.6 Å². The number of aromatic nitrogens is 3. The van der Waals surface area contributed by atoms with Crippen molar-refractivity contribution in [3.8, 4) is 11.4 Å². The maximum absolute atomic E-state index is 12.8. The number of benzene rings is 2. The number of hydroxylamine groups is 1. The number of anilines is 3. The second-order valence-electron chi connectivity index (χ2n) is 6.44. The van der Waals surface area contributed by atoms with Crippen LogP contribution in [0.3, 0.4) is 0 Å². The molecule has 1 heterocycles. The minimum Gasteiger partial charge on any atom is -0.314 e. The highest BCUT2D eigenvalue weighted by atomic mass is 35.5. The molecule has 0 radical (unpaired) electrons. The molecule has 2 amide bonds. The van der Waals surface area contributed by atoms with E-state index in [1.165, 1.54) is 19.2 Å². The summed E-state index contributed by atoms with van der Waals surface area (Å²) in [6.45, 7) is 0. The molecule has 2 N–H and O–H groups in total. The molecular formula is C19H18ClF3N6O2. The number of carbonyl (C=O) groups excluding carboxylic acids is 1. The van der Waals surface area contributed by atoms with Crippen LogP contribution in [0.1, 0.15) is 5.56 Å². The van der Waals surface area contributed by atoms with E-state index in [0.29, 0.717) is 33.7 Å². The lowest BCUT2D eigenvalue weighted by molar-refractivity contribution is -0.137. The van der Waals surface area contributed by atoms with Crippen LogP contribution >= 0.6 is 11.6 Å². The standard InChI is InChI=1S/C19H18ClF3N6O2/c1-28(13-7-4-11(5-8-13)19(21,22)23)18-26-25-16(29(18)2)14-9-6-12(10-15(14)20)24-17(30)27-31-3/h4-10H,1-3H3,(H2,24,27,30). The summed E-state index contributed by atoms with van der Waals surface area (Å²) in [5.74, 6) is 0.833. The second kappa shape index (κ2) is 8.82. The number of urea groups is 1. The zero-order valence-electron chi connectivity index (χ0n) is 16.7. The van der Waals surface area contributed by atoms with Gasteiger partial charge >= 0.3 is 12.2 Å². The molecule has 12 heteroatoms. The predicted octanol–water partition coefficient (Wildman–Crippen LogP) is 4.61. The van der Waals surface area contributed by atoms with E-state index in [1.54, 1.807) is 41.8 Å². The van der Waals surface area contributed by atoms with Crippen LogP contribution in [0, 0.1) is 0 Å². The first-order chi connectivity index (χ1) is 14.6. The maximum Gasteiger partial charge on any atom is 0.416 e. The average Bonchev–Trinajstić information content (AvgIpc) is 3.08. The lowest BCUT2D eigenvalue weighted by atomic mass is 10.2. The molecule has 0 saturated heterocycles. The molecule has 3 aromatic rings. The van der Waals surface area contributed by atoms with Gasteiger partial charge in [-0.25, -0.2) is 10.3 Å². The van der Waals surface area contributed by atoms with Crippen LogP contribution in [0.4, 0.5) is 35.3 Å². The third-order valence-electron chi connectivity index (χ3n) is 4.40. The Bertz CT molecular complexity index is 1090. The Balaban J connectivity index is 1.85. The Kier molecular flexibility index (Phi) is 6.37. The third-order valence-corrected chi connectivity index (χ3v) is 4.71. The van der Waals surface area contributed by atoms with Gasteiger partial charge in [-0.3, -0.25) is 9.40 Å². The Morgan fingerprint density at radius 1 is 1.16 bits per heavy atom. The number of nitrogens with one attached hydrogen (secondary N) is 2. The van der Waals surface area contributed by atoms with Gasteiger partial charge in [0.2, 0.25) is 5.95 Å². The number of hydrogen-bond acceptors (Lipinski definition) is 5. The molecule has 3 rings (SSSR count). The van der Waals surface area contributed by atoms with Crippen molar-refractivity contribution in [2.75, 3.05) is 24.4 Å². The van der Waals surface area contributed by atoms with Crippen molar-refractivity contribution in [3.63, 3.8) is 0 Å². The molecule has 31 heavy (non-hydrogen) atoms. The molecule has 0 aliphatic rings. The first kappa shape index (κ1) is 22.4. The summed E-state index contributed by atoms with van der Waals surface area (Å²) in [6, 6.07) is 8.99. The molecule has 0 saturated carbocycles. The summed E-state index contributed by atoms with van der Waals surface area (Å²) in [6.07, 6.45) is -4.41. The Morgan fingerprint density at radius 2 is 1.84 bits per heavy atom. The summed E-state index contributed by atoms with van der Waals surface area (Å²) in [4.78, 5) is 17.7. The Labute approximate surface area is 180 Å². The molecule has 0 spiro atoms. The number of carbonyl (C=O) groups is 1. The highest BCUT2D eigenvalue weighted by molar-refractivity contribution is 6.33. The molecule has 0 unspecified atom stereocenters. The SMILES string of the molecule is CONC(=O)Nc1ccc(-c2nnc(N(C)c3ccc(C(F)(F)F)cc3)n2C)c(Cl)c1. The predicted molar refractivity (Wildman–Crippen MR) is 110 cm³/mol. The van der Waals surface area contributed by atoms with Crippen LogP contribution in [-0.2, 0) is 18.1 Å². The Morgan fingerprint density at radius 3 is 2.42 bits per heavy atom. The van der Waals surface area contributed by atoms with Gasteiger partial charge in [0.25, 0.3) is 0 Å². The fraction of sp³-hybridized carbons (Fsp3) is 0.211. The Hall–Kier alpha value is -3.31. The van der Waals surface area contributed by atoms with Crippen molar-refractivity contribution in [1.29, 1.82) is 0 Å². The monoisotopic (exact) mass is 454 g/mol. The van der Waals surface area contributed by atoms with Gasteiger partial charge in [0, 0.05) is 31.0 Å². The summed E-state index contributed by atoms with van der Waals surface area (Å²) < 4.78 is 40.0. The molecule has 0 bridgehead atoms. The quantitative estimate of drug-likeness (QED) is 0.550. The van der Waals surface area contributed by atoms with Gasteiger partial charge < -0.3 is 10.2 Å². The summed E-state index contributed by atoms with van der Waals surface area (Å²) in [7, 11) is 4.68. The fourth-order valence-electron chi connectivity index (χ4n) is 2.86. The van der Waals surface area contributed by atoms with Gasteiger partial charge in [-0.2, -0.15) is 13.2 Å². The van der Waals surface area contributed by atoms with Crippen molar-refractivity contribution in [3.05, 3.63) is 53.1 Å². The van der Waals surface area contributed by atoms with E-state index in [2.05, 4.69) is 25.8 Å². The van der Waals surface area contributed by atoms with Crippen molar-refractivity contribution in [2.24, 2.45) is 7.05 Å². The molecule has 164 valence electrons. The van der Waals surface area contributed by atoms with E-state index in [0.717, 1.165) is 12.1 Å². The molecule has 2 aromatic carbocycles. The number of nitrogens with zero attached hydrogens (tertiary/aromatic N) is 4. The number of alkyl halides is 3. The molecule has 0 fully saturated rings. The van der Waals surface area contributed by atoms with Crippen molar-refractivity contribution < 1.29 is 22.8 Å². The highest BCUT2D eigenvalue weighted by Gasteiger charge is 2.30. The van der Waals surface area contributed by atoms with Gasteiger partial charge in [-0.15, -0.1) is 10.2 Å². The largest absolute Gasteiger partial charge is 0.416 e. The molecule has 0 atom stereocenters. The number of amides is 2. The fourth-order valence-corrected chi connectivity index (χ4v) is 3.13. The third kappa shape index (κ3) is 4.89. The van der Waals surface area contributed by atoms with E-state index in [9.17, 15) is 18.0 Å². The lowest BCUT2D eigenvalue weighted by Gasteiger charge is -2.19. The van der Waals surface area contributed by atoms with E-state index in [-0.39, 0.29) is 0 Å². The van der Waals surface area contributed by atoms with Gasteiger partial charge in [0.1, 0.15) is 0 Å². The van der Waals surface area contributed by atoms with E-state index < -0.39 is 17.8 Å². The van der Waals surface area contributed by atoms with E-state index in [1.807, 2.05) is 0 Å². The molecule has 0 aliphatic heterocycles. The van der Waals surface area contributed by atoms with Gasteiger partial charge in [-0.05, 0) is 42.5 Å². The number of rotatable bonds is 5. The first-order valence-corrected chi connectivity index (χ1v) is 9.20. The number of halogens is 4. The second-order valence-corrected chi connectivity index (χ2v) is 6.85. The van der Waals surface area contributed by atoms with Crippen molar-refractivity contribution in [2.45, 2.75) is 6.18 Å². The van der Waals surface area contributed by atoms with Crippen LogP contribution in [0.15, 0.2) is 42.5 Å². The maximum atomic E-state index is 12.8. The van der Waals surface area contributed by atoms with E-state index >= 15 is 0 Å². The zero-order chi connectivity index (χ0) is 22.8. The molecule has 8 nitrogen and oxygen atoms in total. The van der Waals surface area contributed by atoms with Gasteiger partial charge in [-0.1, -0.05) is 11.6 Å². The lowest BCUT2D eigenvalue weighted by Crippen LogP contribution is -2.27. The normalized spacial score (nSPS) is 11.3.